The Labute approximate surface area is 162 Å². The molecule has 0 spiro atoms. The molecule has 1 saturated carbocycles. The summed E-state index contributed by atoms with van der Waals surface area (Å²) in [7, 11) is 0. The molecular formula is C20H22N4O4. The van der Waals surface area contributed by atoms with Crippen molar-refractivity contribution in [3.8, 4) is 5.75 Å². The highest BCUT2D eigenvalue weighted by Gasteiger charge is 2.29. The van der Waals surface area contributed by atoms with Gasteiger partial charge in [-0.05, 0) is 56.2 Å². The van der Waals surface area contributed by atoms with Crippen molar-refractivity contribution < 1.29 is 19.1 Å². The molecule has 3 amide bonds. The highest BCUT2D eigenvalue weighted by molar-refractivity contribution is 6.05. The fraction of sp³-hybridized carbons (Fsp3) is 0.300. The quantitative estimate of drug-likeness (QED) is 0.648. The van der Waals surface area contributed by atoms with Crippen LogP contribution in [0.25, 0.3) is 0 Å². The number of ether oxygens (including phenoxy) is 1. The number of hydrogen-bond donors (Lipinski definition) is 3. The molecule has 1 heterocycles. The normalized spacial score (nSPS) is 12.8. The van der Waals surface area contributed by atoms with Gasteiger partial charge in [0.25, 0.3) is 11.8 Å². The molecule has 2 aromatic rings. The third-order valence-corrected chi connectivity index (χ3v) is 4.08. The second-order valence-electron chi connectivity index (χ2n) is 6.41. The number of anilines is 2. The summed E-state index contributed by atoms with van der Waals surface area (Å²) < 4.78 is 5.37. The number of amides is 3. The van der Waals surface area contributed by atoms with Crippen LogP contribution in [-0.4, -0.2) is 35.9 Å². The average Bonchev–Trinajstić information content (AvgIpc) is 3.53. The van der Waals surface area contributed by atoms with Crippen LogP contribution in [-0.2, 0) is 9.59 Å². The van der Waals surface area contributed by atoms with Gasteiger partial charge in [-0.3, -0.25) is 14.4 Å². The van der Waals surface area contributed by atoms with Crippen molar-refractivity contribution in [1.29, 1.82) is 0 Å². The van der Waals surface area contributed by atoms with Gasteiger partial charge in [0.2, 0.25) is 5.91 Å². The van der Waals surface area contributed by atoms with E-state index in [0.717, 1.165) is 12.8 Å². The SMILES string of the molecule is CCNC(=O)COc1ccc(NC(=O)c2ccnc(NC(=O)C3CC3)c2)cc1. The van der Waals surface area contributed by atoms with Crippen molar-refractivity contribution in [2.45, 2.75) is 19.8 Å². The van der Waals surface area contributed by atoms with Crippen molar-refractivity contribution in [3.63, 3.8) is 0 Å². The van der Waals surface area contributed by atoms with Crippen LogP contribution < -0.4 is 20.7 Å². The minimum atomic E-state index is -0.319. The zero-order valence-electron chi connectivity index (χ0n) is 15.5. The van der Waals surface area contributed by atoms with Crippen LogP contribution in [0.15, 0.2) is 42.6 Å². The monoisotopic (exact) mass is 382 g/mol. The number of likely N-dealkylation sites (N-methyl/N-ethyl adjacent to an activating group) is 1. The molecule has 1 aliphatic carbocycles. The molecule has 146 valence electrons. The van der Waals surface area contributed by atoms with Gasteiger partial charge in [0.15, 0.2) is 6.61 Å². The fourth-order valence-electron chi connectivity index (χ4n) is 2.45. The van der Waals surface area contributed by atoms with Crippen molar-refractivity contribution in [2.75, 3.05) is 23.8 Å². The van der Waals surface area contributed by atoms with E-state index in [4.69, 9.17) is 4.74 Å². The lowest BCUT2D eigenvalue weighted by atomic mass is 10.2. The Bertz CT molecular complexity index is 863. The number of benzene rings is 1. The molecule has 3 rings (SSSR count). The first-order valence-electron chi connectivity index (χ1n) is 9.13. The Kier molecular flexibility index (Phi) is 6.21. The Morgan fingerprint density at radius 3 is 2.54 bits per heavy atom. The molecule has 0 unspecified atom stereocenters. The molecule has 0 atom stereocenters. The lowest BCUT2D eigenvalue weighted by Crippen LogP contribution is -2.28. The molecule has 8 nitrogen and oxygen atoms in total. The predicted molar refractivity (Wildman–Crippen MR) is 104 cm³/mol. The van der Waals surface area contributed by atoms with Gasteiger partial charge >= 0.3 is 0 Å². The highest BCUT2D eigenvalue weighted by atomic mass is 16.5. The number of rotatable bonds is 8. The third-order valence-electron chi connectivity index (χ3n) is 4.08. The number of carbonyl (C=O) groups is 3. The van der Waals surface area contributed by atoms with Gasteiger partial charge in [0.1, 0.15) is 11.6 Å². The minimum Gasteiger partial charge on any atom is -0.484 e. The standard InChI is InChI=1S/C20H22N4O4/c1-2-21-18(25)12-28-16-7-5-15(6-8-16)23-20(27)14-9-10-22-17(11-14)24-19(26)13-3-4-13/h5-11,13H,2-4,12H2,1H3,(H,21,25)(H,23,27)(H,22,24,26). The van der Waals surface area contributed by atoms with E-state index in [-0.39, 0.29) is 30.2 Å². The van der Waals surface area contributed by atoms with E-state index in [1.54, 1.807) is 36.4 Å². The van der Waals surface area contributed by atoms with E-state index in [9.17, 15) is 14.4 Å². The van der Waals surface area contributed by atoms with Crippen LogP contribution in [0.1, 0.15) is 30.1 Å². The first-order valence-corrected chi connectivity index (χ1v) is 9.13. The highest BCUT2D eigenvalue weighted by Crippen LogP contribution is 2.30. The van der Waals surface area contributed by atoms with Gasteiger partial charge in [-0.25, -0.2) is 4.98 Å². The van der Waals surface area contributed by atoms with E-state index < -0.39 is 0 Å². The first kappa shape index (κ1) is 19.3. The molecule has 1 aromatic carbocycles. The maximum atomic E-state index is 12.4. The number of hydrogen-bond acceptors (Lipinski definition) is 5. The van der Waals surface area contributed by atoms with E-state index in [1.807, 2.05) is 6.92 Å². The van der Waals surface area contributed by atoms with Gasteiger partial charge in [-0.2, -0.15) is 0 Å². The Morgan fingerprint density at radius 2 is 1.86 bits per heavy atom. The van der Waals surface area contributed by atoms with E-state index >= 15 is 0 Å². The number of nitrogens with zero attached hydrogens (tertiary/aromatic N) is 1. The van der Waals surface area contributed by atoms with Crippen LogP contribution >= 0.6 is 0 Å². The lowest BCUT2D eigenvalue weighted by Gasteiger charge is -2.09. The fourth-order valence-corrected chi connectivity index (χ4v) is 2.45. The van der Waals surface area contributed by atoms with Crippen LogP contribution in [0, 0.1) is 5.92 Å². The van der Waals surface area contributed by atoms with Crippen molar-refractivity contribution in [2.24, 2.45) is 5.92 Å². The van der Waals surface area contributed by atoms with Gasteiger partial charge < -0.3 is 20.7 Å². The molecule has 0 saturated heterocycles. The van der Waals surface area contributed by atoms with Gasteiger partial charge in [-0.15, -0.1) is 0 Å². The zero-order valence-corrected chi connectivity index (χ0v) is 15.5. The zero-order chi connectivity index (χ0) is 19.9. The summed E-state index contributed by atoms with van der Waals surface area (Å²) in [6.45, 7) is 2.32. The maximum Gasteiger partial charge on any atom is 0.257 e. The van der Waals surface area contributed by atoms with Crippen LogP contribution in [0.2, 0.25) is 0 Å². The number of carbonyl (C=O) groups excluding carboxylic acids is 3. The number of pyridine rings is 1. The van der Waals surface area contributed by atoms with E-state index in [2.05, 4.69) is 20.9 Å². The second kappa shape index (κ2) is 8.98. The van der Waals surface area contributed by atoms with Crippen LogP contribution in [0.4, 0.5) is 11.5 Å². The number of nitrogens with one attached hydrogen (secondary N) is 3. The largest absolute Gasteiger partial charge is 0.484 e. The van der Waals surface area contributed by atoms with Crippen molar-refractivity contribution in [1.82, 2.24) is 10.3 Å². The number of aromatic nitrogens is 1. The van der Waals surface area contributed by atoms with Crippen LogP contribution in [0.5, 0.6) is 5.75 Å². The average molecular weight is 382 g/mol. The topological polar surface area (TPSA) is 109 Å². The summed E-state index contributed by atoms with van der Waals surface area (Å²) in [4.78, 5) is 39.7. The molecule has 1 fully saturated rings. The van der Waals surface area contributed by atoms with E-state index in [1.165, 1.54) is 6.20 Å². The summed E-state index contributed by atoms with van der Waals surface area (Å²) >= 11 is 0. The molecule has 3 N–H and O–H groups in total. The van der Waals surface area contributed by atoms with Gasteiger partial charge in [0.05, 0.1) is 0 Å². The van der Waals surface area contributed by atoms with Gasteiger partial charge in [-0.1, -0.05) is 0 Å². The van der Waals surface area contributed by atoms with Crippen LogP contribution in [0.3, 0.4) is 0 Å². The molecule has 28 heavy (non-hydrogen) atoms. The molecule has 8 heteroatoms. The van der Waals surface area contributed by atoms with E-state index in [0.29, 0.717) is 29.4 Å². The smallest absolute Gasteiger partial charge is 0.257 e. The molecule has 0 radical (unpaired) electrons. The molecule has 0 bridgehead atoms. The summed E-state index contributed by atoms with van der Waals surface area (Å²) in [5, 5.41) is 8.14. The Balaban J connectivity index is 1.55. The maximum absolute atomic E-state index is 12.4. The summed E-state index contributed by atoms with van der Waals surface area (Å²) in [6, 6.07) is 9.82. The predicted octanol–water partition coefficient (Wildman–Crippen LogP) is 2.20. The Hall–Kier alpha value is -3.42. The lowest BCUT2D eigenvalue weighted by molar-refractivity contribution is -0.123. The summed E-state index contributed by atoms with van der Waals surface area (Å²) in [6.07, 6.45) is 3.28. The van der Waals surface area contributed by atoms with Crippen molar-refractivity contribution >= 4 is 29.2 Å². The van der Waals surface area contributed by atoms with Gasteiger partial charge in [0, 0.05) is 29.9 Å². The molecular weight excluding hydrogens is 360 g/mol. The minimum absolute atomic E-state index is 0.0618. The third kappa shape index (κ3) is 5.54. The molecule has 1 aromatic heterocycles. The summed E-state index contributed by atoms with van der Waals surface area (Å²) in [5.74, 6) is 0.376. The Morgan fingerprint density at radius 1 is 1.11 bits per heavy atom. The van der Waals surface area contributed by atoms with Crippen molar-refractivity contribution in [3.05, 3.63) is 48.2 Å². The first-order chi connectivity index (χ1) is 13.5. The second-order valence-corrected chi connectivity index (χ2v) is 6.41. The summed E-state index contributed by atoms with van der Waals surface area (Å²) in [5.41, 5.74) is 0.966. The molecule has 1 aliphatic rings. The molecule has 0 aliphatic heterocycles.